The van der Waals surface area contributed by atoms with Crippen molar-refractivity contribution >= 4 is 84.7 Å². The Kier molecular flexibility index (Phi) is 7.42. The number of amides is 4. The van der Waals surface area contributed by atoms with Crippen molar-refractivity contribution in [1.29, 1.82) is 0 Å². The zero-order valence-electron chi connectivity index (χ0n) is 17.2. The standard InChI is InChI=1S/C24H14Br2Cl2N2O4/c25-15-7-6-14(18(26)11-15)12-34-16-8-4-13(5-9-16)10-17-22(31)29-24(33)30(23(17)32)20-3-1-2-19(27)21(20)28/h1-11H,12H2,(H,29,31,33)/b17-10+. The largest absolute Gasteiger partial charge is 0.489 e. The van der Waals surface area contributed by atoms with Gasteiger partial charge in [0.05, 0.1) is 15.7 Å². The normalized spacial score (nSPS) is 15.0. The van der Waals surface area contributed by atoms with E-state index in [1.54, 1.807) is 30.3 Å². The molecular weight excluding hydrogens is 611 g/mol. The molecule has 10 heteroatoms. The third-order valence-electron chi connectivity index (χ3n) is 4.87. The lowest BCUT2D eigenvalue weighted by molar-refractivity contribution is -0.122. The number of rotatable bonds is 5. The Labute approximate surface area is 221 Å². The molecule has 0 unspecified atom stereocenters. The topological polar surface area (TPSA) is 75.7 Å². The van der Waals surface area contributed by atoms with Crippen LogP contribution >= 0.6 is 55.1 Å². The minimum atomic E-state index is -0.904. The van der Waals surface area contributed by atoms with E-state index in [2.05, 4.69) is 37.2 Å². The van der Waals surface area contributed by atoms with Crippen molar-refractivity contribution in [3.63, 3.8) is 0 Å². The van der Waals surface area contributed by atoms with Crippen molar-refractivity contribution in [2.24, 2.45) is 0 Å². The molecule has 0 aromatic heterocycles. The van der Waals surface area contributed by atoms with E-state index in [1.807, 2.05) is 18.2 Å². The van der Waals surface area contributed by atoms with E-state index in [-0.39, 0.29) is 21.3 Å². The summed E-state index contributed by atoms with van der Waals surface area (Å²) < 4.78 is 7.70. The number of urea groups is 1. The zero-order chi connectivity index (χ0) is 24.4. The fraction of sp³-hybridized carbons (Fsp3) is 0.0417. The maximum Gasteiger partial charge on any atom is 0.336 e. The van der Waals surface area contributed by atoms with Gasteiger partial charge in [-0.3, -0.25) is 14.9 Å². The van der Waals surface area contributed by atoms with Crippen LogP contribution in [0.1, 0.15) is 11.1 Å². The van der Waals surface area contributed by atoms with E-state index in [9.17, 15) is 14.4 Å². The van der Waals surface area contributed by atoms with E-state index < -0.39 is 17.8 Å². The minimum Gasteiger partial charge on any atom is -0.489 e. The molecule has 4 rings (SSSR count). The summed E-state index contributed by atoms with van der Waals surface area (Å²) in [6.45, 7) is 0.354. The van der Waals surface area contributed by atoms with Gasteiger partial charge in [0.15, 0.2) is 0 Å². The second-order valence-electron chi connectivity index (χ2n) is 7.12. The summed E-state index contributed by atoms with van der Waals surface area (Å²) in [6.07, 6.45) is 1.39. The average Bonchev–Trinajstić information content (AvgIpc) is 2.79. The average molecular weight is 625 g/mol. The van der Waals surface area contributed by atoms with Gasteiger partial charge >= 0.3 is 6.03 Å². The maximum atomic E-state index is 13.0. The molecule has 1 aliphatic rings. The van der Waals surface area contributed by atoms with Crippen LogP contribution in [0.3, 0.4) is 0 Å². The zero-order valence-corrected chi connectivity index (χ0v) is 21.8. The number of nitrogens with zero attached hydrogens (tertiary/aromatic N) is 1. The van der Waals surface area contributed by atoms with E-state index in [0.717, 1.165) is 19.4 Å². The molecule has 4 amide bonds. The van der Waals surface area contributed by atoms with Crippen molar-refractivity contribution in [1.82, 2.24) is 5.32 Å². The molecule has 34 heavy (non-hydrogen) atoms. The SMILES string of the molecule is O=C1NC(=O)N(c2cccc(Cl)c2Cl)C(=O)/C1=C/c1ccc(OCc2ccc(Br)cc2Br)cc1. The van der Waals surface area contributed by atoms with Crippen molar-refractivity contribution in [3.05, 3.63) is 96.4 Å². The summed E-state index contributed by atoms with van der Waals surface area (Å²) in [5, 5.41) is 2.36. The quantitative estimate of drug-likeness (QED) is 0.251. The molecule has 1 fully saturated rings. The Bertz CT molecular complexity index is 1340. The van der Waals surface area contributed by atoms with E-state index >= 15 is 0 Å². The lowest BCUT2D eigenvalue weighted by Gasteiger charge is -2.27. The lowest BCUT2D eigenvalue weighted by Crippen LogP contribution is -2.54. The third-order valence-corrected chi connectivity index (χ3v) is 6.91. The molecule has 0 saturated carbocycles. The van der Waals surface area contributed by atoms with Gasteiger partial charge in [0.2, 0.25) is 0 Å². The minimum absolute atomic E-state index is 0.0280. The molecule has 6 nitrogen and oxygen atoms in total. The van der Waals surface area contributed by atoms with Crippen LogP contribution in [-0.4, -0.2) is 17.8 Å². The molecule has 0 spiro atoms. The summed E-state index contributed by atoms with van der Waals surface area (Å²) >= 11 is 19.1. The molecule has 1 heterocycles. The summed E-state index contributed by atoms with van der Waals surface area (Å²) in [6, 6.07) is 16.3. The fourth-order valence-electron chi connectivity index (χ4n) is 3.17. The van der Waals surface area contributed by atoms with E-state index in [1.165, 1.54) is 18.2 Å². The van der Waals surface area contributed by atoms with E-state index in [4.69, 9.17) is 27.9 Å². The Morgan fingerprint density at radius 1 is 0.971 bits per heavy atom. The van der Waals surface area contributed by atoms with Crippen molar-refractivity contribution in [2.45, 2.75) is 6.61 Å². The number of hydrogen-bond donors (Lipinski definition) is 1. The highest BCUT2D eigenvalue weighted by Crippen LogP contribution is 2.34. The summed E-state index contributed by atoms with van der Waals surface area (Å²) in [5.41, 5.74) is 1.41. The highest BCUT2D eigenvalue weighted by molar-refractivity contribution is 9.11. The number of imide groups is 2. The van der Waals surface area contributed by atoms with Gasteiger partial charge in [0, 0.05) is 14.5 Å². The first kappa shape index (κ1) is 24.5. The second-order valence-corrected chi connectivity index (χ2v) is 9.68. The highest BCUT2D eigenvalue weighted by atomic mass is 79.9. The van der Waals surface area contributed by atoms with E-state index in [0.29, 0.717) is 17.9 Å². The molecule has 1 N–H and O–H groups in total. The number of anilines is 1. The van der Waals surface area contributed by atoms with Crippen LogP contribution in [0, 0.1) is 0 Å². The highest BCUT2D eigenvalue weighted by Gasteiger charge is 2.38. The molecule has 0 aliphatic carbocycles. The van der Waals surface area contributed by atoms with Gasteiger partial charge in [-0.05, 0) is 48.0 Å². The molecule has 0 radical (unpaired) electrons. The molecule has 1 saturated heterocycles. The summed E-state index contributed by atoms with van der Waals surface area (Å²) in [5.74, 6) is -0.998. The Morgan fingerprint density at radius 2 is 1.71 bits per heavy atom. The van der Waals surface area contributed by atoms with Crippen molar-refractivity contribution in [3.8, 4) is 5.75 Å². The molecule has 3 aromatic carbocycles. The van der Waals surface area contributed by atoms with Gasteiger partial charge in [0.1, 0.15) is 17.9 Å². The number of hydrogen-bond acceptors (Lipinski definition) is 4. The number of carbonyl (C=O) groups is 3. The van der Waals surface area contributed by atoms with Crippen molar-refractivity contribution < 1.29 is 19.1 Å². The van der Waals surface area contributed by atoms with Crippen molar-refractivity contribution in [2.75, 3.05) is 4.90 Å². The van der Waals surface area contributed by atoms with Gasteiger partial charge in [-0.1, -0.05) is 79.3 Å². The number of halogens is 4. The molecule has 172 valence electrons. The fourth-order valence-corrected chi connectivity index (χ4v) is 4.71. The first-order chi connectivity index (χ1) is 16.2. The monoisotopic (exact) mass is 622 g/mol. The van der Waals surface area contributed by atoms with Crippen LogP contribution in [0.4, 0.5) is 10.5 Å². The van der Waals surface area contributed by atoms with Gasteiger partial charge in [-0.2, -0.15) is 0 Å². The van der Waals surface area contributed by atoms with Crippen LogP contribution in [0.2, 0.25) is 10.0 Å². The third kappa shape index (κ3) is 5.20. The molecule has 0 atom stereocenters. The first-order valence-electron chi connectivity index (χ1n) is 9.77. The van der Waals surface area contributed by atoms with Gasteiger partial charge in [-0.15, -0.1) is 0 Å². The number of carbonyl (C=O) groups excluding carboxylic acids is 3. The smallest absolute Gasteiger partial charge is 0.336 e. The maximum absolute atomic E-state index is 13.0. The number of nitrogens with one attached hydrogen (secondary N) is 1. The summed E-state index contributed by atoms with van der Waals surface area (Å²) in [4.78, 5) is 38.6. The number of barbiturate groups is 1. The number of ether oxygens (including phenoxy) is 1. The lowest BCUT2D eigenvalue weighted by atomic mass is 10.1. The van der Waals surface area contributed by atoms with Crippen LogP contribution in [0.5, 0.6) is 5.75 Å². The second kappa shape index (κ2) is 10.3. The molecule has 0 bridgehead atoms. The van der Waals surface area contributed by atoms with Gasteiger partial charge in [-0.25, -0.2) is 9.69 Å². The van der Waals surface area contributed by atoms with Crippen LogP contribution in [0.15, 0.2) is 75.2 Å². The Morgan fingerprint density at radius 3 is 2.41 bits per heavy atom. The van der Waals surface area contributed by atoms with Crippen LogP contribution in [0.25, 0.3) is 6.08 Å². The Hall–Kier alpha value is -2.65. The molecule has 3 aromatic rings. The van der Waals surface area contributed by atoms with Gasteiger partial charge in [0.25, 0.3) is 11.8 Å². The predicted octanol–water partition coefficient (Wildman–Crippen LogP) is 6.76. The van der Waals surface area contributed by atoms with Crippen LogP contribution < -0.4 is 15.0 Å². The predicted molar refractivity (Wildman–Crippen MR) is 138 cm³/mol. The summed E-state index contributed by atoms with van der Waals surface area (Å²) in [7, 11) is 0. The molecule has 1 aliphatic heterocycles. The Balaban J connectivity index is 1.54. The van der Waals surface area contributed by atoms with Gasteiger partial charge < -0.3 is 4.74 Å². The number of benzene rings is 3. The first-order valence-corrected chi connectivity index (χ1v) is 12.1. The van der Waals surface area contributed by atoms with Crippen LogP contribution in [-0.2, 0) is 16.2 Å². The molecular formula is C24H14Br2Cl2N2O4.